The fraction of sp³-hybridized carbons (Fsp3) is 0.500. The molecule has 20 heavy (non-hydrogen) atoms. The molecule has 0 saturated carbocycles. The van der Waals surface area contributed by atoms with Gasteiger partial charge in [-0.1, -0.05) is 0 Å². The van der Waals surface area contributed by atoms with E-state index < -0.39 is 0 Å². The molecule has 0 spiro atoms. The Bertz CT molecular complexity index is 574. The first-order chi connectivity index (χ1) is 9.72. The lowest BCUT2D eigenvalue weighted by Crippen LogP contribution is -2.29. The van der Waals surface area contributed by atoms with Gasteiger partial charge in [-0.25, -0.2) is 0 Å². The van der Waals surface area contributed by atoms with Crippen molar-refractivity contribution in [1.29, 1.82) is 0 Å². The second kappa shape index (κ2) is 5.48. The van der Waals surface area contributed by atoms with Gasteiger partial charge in [-0.2, -0.15) is 10.2 Å². The Morgan fingerprint density at radius 2 is 2.40 bits per heavy atom. The van der Waals surface area contributed by atoms with Gasteiger partial charge in [0.15, 0.2) is 0 Å². The Labute approximate surface area is 117 Å². The molecule has 1 aliphatic heterocycles. The number of rotatable bonds is 4. The van der Waals surface area contributed by atoms with Crippen LogP contribution in [0.1, 0.15) is 30.1 Å². The number of carbonyl (C=O) groups is 1. The average Bonchev–Trinajstić information content (AvgIpc) is 3.16. The van der Waals surface area contributed by atoms with Crippen molar-refractivity contribution in [3.8, 4) is 0 Å². The predicted molar refractivity (Wildman–Crippen MR) is 74.1 cm³/mol. The minimum absolute atomic E-state index is 0.208. The van der Waals surface area contributed by atoms with Crippen LogP contribution in [0.3, 0.4) is 0 Å². The van der Waals surface area contributed by atoms with Crippen LogP contribution in [-0.2, 0) is 11.3 Å². The number of amides is 1. The Morgan fingerprint density at radius 1 is 1.50 bits per heavy atom. The fourth-order valence-electron chi connectivity index (χ4n) is 2.69. The first-order valence-corrected chi connectivity index (χ1v) is 6.99. The molecule has 1 fully saturated rings. The number of hydrogen-bond acceptors (Lipinski definition) is 3. The molecule has 1 unspecified atom stereocenters. The number of aryl methyl sites for hydroxylation is 2. The van der Waals surface area contributed by atoms with Crippen molar-refractivity contribution >= 4 is 5.91 Å². The number of hydrogen-bond donors (Lipinski definition) is 1. The first kappa shape index (κ1) is 12.9. The highest BCUT2D eigenvalue weighted by Gasteiger charge is 2.27. The van der Waals surface area contributed by atoms with Crippen molar-refractivity contribution in [1.82, 2.24) is 24.9 Å². The third-order valence-corrected chi connectivity index (χ3v) is 3.83. The zero-order valence-corrected chi connectivity index (χ0v) is 11.6. The highest BCUT2D eigenvalue weighted by atomic mass is 16.2. The minimum Gasteiger partial charge on any atom is -0.342 e. The summed E-state index contributed by atoms with van der Waals surface area (Å²) < 4.78 is 1.83. The molecule has 0 aromatic carbocycles. The van der Waals surface area contributed by atoms with Gasteiger partial charge in [0.2, 0.25) is 5.91 Å². The first-order valence-electron chi connectivity index (χ1n) is 6.99. The van der Waals surface area contributed by atoms with Gasteiger partial charge >= 0.3 is 0 Å². The quantitative estimate of drug-likeness (QED) is 0.913. The molecule has 6 heteroatoms. The molecule has 2 aromatic heterocycles. The maximum atomic E-state index is 12.2. The van der Waals surface area contributed by atoms with Crippen LogP contribution in [0.25, 0.3) is 0 Å². The van der Waals surface area contributed by atoms with E-state index in [1.54, 1.807) is 6.20 Å². The Morgan fingerprint density at radius 3 is 3.10 bits per heavy atom. The second-order valence-corrected chi connectivity index (χ2v) is 5.31. The molecule has 1 N–H and O–H groups in total. The zero-order chi connectivity index (χ0) is 13.9. The maximum absolute atomic E-state index is 12.2. The summed E-state index contributed by atoms with van der Waals surface area (Å²) in [5, 5.41) is 11.3. The molecule has 0 bridgehead atoms. The largest absolute Gasteiger partial charge is 0.342 e. The number of nitrogens with zero attached hydrogens (tertiary/aromatic N) is 4. The van der Waals surface area contributed by atoms with Crippen LogP contribution in [0, 0.1) is 6.92 Å². The van der Waals surface area contributed by atoms with E-state index in [9.17, 15) is 4.79 Å². The molecule has 2 aromatic rings. The van der Waals surface area contributed by atoms with Gasteiger partial charge in [0.05, 0.1) is 5.69 Å². The predicted octanol–water partition coefficient (Wildman–Crippen LogP) is 1.32. The van der Waals surface area contributed by atoms with Crippen LogP contribution < -0.4 is 0 Å². The van der Waals surface area contributed by atoms with Gasteiger partial charge in [-0.15, -0.1) is 0 Å². The van der Waals surface area contributed by atoms with Gasteiger partial charge < -0.3 is 4.90 Å². The van der Waals surface area contributed by atoms with Crippen molar-refractivity contribution in [3.63, 3.8) is 0 Å². The van der Waals surface area contributed by atoms with E-state index in [4.69, 9.17) is 0 Å². The van der Waals surface area contributed by atoms with Crippen LogP contribution in [0.15, 0.2) is 24.5 Å². The highest BCUT2D eigenvalue weighted by Crippen LogP contribution is 2.25. The Kier molecular flexibility index (Phi) is 3.54. The summed E-state index contributed by atoms with van der Waals surface area (Å²) in [6.07, 6.45) is 5.20. The van der Waals surface area contributed by atoms with Crippen molar-refractivity contribution < 1.29 is 4.79 Å². The molecule has 1 saturated heterocycles. The van der Waals surface area contributed by atoms with E-state index in [1.807, 2.05) is 34.8 Å². The third kappa shape index (κ3) is 2.74. The number of aromatic nitrogens is 4. The van der Waals surface area contributed by atoms with E-state index >= 15 is 0 Å². The van der Waals surface area contributed by atoms with Crippen molar-refractivity contribution in [2.45, 2.75) is 32.2 Å². The maximum Gasteiger partial charge on any atom is 0.224 e. The lowest BCUT2D eigenvalue weighted by Gasteiger charge is -2.16. The summed E-state index contributed by atoms with van der Waals surface area (Å²) in [7, 11) is 0. The van der Waals surface area contributed by atoms with E-state index in [-0.39, 0.29) is 5.91 Å². The molecule has 0 radical (unpaired) electrons. The zero-order valence-electron chi connectivity index (χ0n) is 11.6. The summed E-state index contributed by atoms with van der Waals surface area (Å²) in [6, 6.07) is 3.94. The average molecular weight is 273 g/mol. The third-order valence-electron chi connectivity index (χ3n) is 3.83. The van der Waals surface area contributed by atoms with Crippen LogP contribution in [0.5, 0.6) is 0 Å². The molecule has 6 nitrogen and oxygen atoms in total. The number of likely N-dealkylation sites (tertiary alicyclic amines) is 1. The van der Waals surface area contributed by atoms with Crippen LogP contribution in [0.4, 0.5) is 0 Å². The lowest BCUT2D eigenvalue weighted by atomic mass is 10.1. The smallest absolute Gasteiger partial charge is 0.224 e. The summed E-state index contributed by atoms with van der Waals surface area (Å²) >= 11 is 0. The van der Waals surface area contributed by atoms with Crippen molar-refractivity contribution in [2.75, 3.05) is 13.1 Å². The molecule has 1 amide bonds. The van der Waals surface area contributed by atoms with E-state index in [2.05, 4.69) is 15.3 Å². The summed E-state index contributed by atoms with van der Waals surface area (Å²) in [4.78, 5) is 14.1. The van der Waals surface area contributed by atoms with E-state index in [1.165, 1.54) is 0 Å². The van der Waals surface area contributed by atoms with Gasteiger partial charge in [-0.3, -0.25) is 14.6 Å². The Hall–Kier alpha value is -2.11. The topological polar surface area (TPSA) is 66.8 Å². The number of aromatic amines is 1. The number of carbonyl (C=O) groups excluding carboxylic acids is 1. The summed E-state index contributed by atoms with van der Waals surface area (Å²) in [6.45, 7) is 4.23. The normalized spacial score (nSPS) is 18.6. The Balaban J connectivity index is 1.51. The second-order valence-electron chi connectivity index (χ2n) is 5.31. The molecule has 3 rings (SSSR count). The SMILES string of the molecule is Cc1ccn(CCC(=O)N2CCC(c3ccn[nH]3)C2)n1. The summed E-state index contributed by atoms with van der Waals surface area (Å²) in [5.41, 5.74) is 2.11. The fourth-order valence-corrected chi connectivity index (χ4v) is 2.69. The van der Waals surface area contributed by atoms with E-state index in [0.29, 0.717) is 18.9 Å². The standard InChI is InChI=1S/C14H19N5O/c1-11-3-8-19(17-11)9-5-14(20)18-7-4-12(10-18)13-2-6-15-16-13/h2-3,6,8,12H,4-5,7,9-10H2,1H3,(H,15,16). The molecular weight excluding hydrogens is 254 g/mol. The van der Waals surface area contributed by atoms with E-state index in [0.717, 1.165) is 30.9 Å². The van der Waals surface area contributed by atoms with Crippen LogP contribution in [-0.4, -0.2) is 43.9 Å². The monoisotopic (exact) mass is 273 g/mol. The number of nitrogens with one attached hydrogen (secondary N) is 1. The molecule has 106 valence electrons. The highest BCUT2D eigenvalue weighted by molar-refractivity contribution is 5.76. The lowest BCUT2D eigenvalue weighted by molar-refractivity contribution is -0.130. The van der Waals surface area contributed by atoms with Crippen LogP contribution in [0.2, 0.25) is 0 Å². The van der Waals surface area contributed by atoms with Gasteiger partial charge in [0.1, 0.15) is 0 Å². The van der Waals surface area contributed by atoms with Gasteiger partial charge in [0.25, 0.3) is 0 Å². The molecule has 0 aliphatic carbocycles. The number of H-pyrrole nitrogens is 1. The molecule has 1 atom stereocenters. The van der Waals surface area contributed by atoms with Crippen molar-refractivity contribution in [2.24, 2.45) is 0 Å². The molecule has 1 aliphatic rings. The molecular formula is C14H19N5O. The van der Waals surface area contributed by atoms with Crippen LogP contribution >= 0.6 is 0 Å². The van der Waals surface area contributed by atoms with Gasteiger partial charge in [0, 0.05) is 50.1 Å². The molecule has 3 heterocycles. The van der Waals surface area contributed by atoms with Gasteiger partial charge in [-0.05, 0) is 25.5 Å². The van der Waals surface area contributed by atoms with Crippen molar-refractivity contribution in [3.05, 3.63) is 35.9 Å². The summed E-state index contributed by atoms with van der Waals surface area (Å²) in [5.74, 6) is 0.605. The minimum atomic E-state index is 0.208.